The molecule has 0 unspecified atom stereocenters. The summed E-state index contributed by atoms with van der Waals surface area (Å²) in [5.41, 5.74) is 0.168. The van der Waals surface area contributed by atoms with Gasteiger partial charge >= 0.3 is 0 Å². The highest BCUT2D eigenvalue weighted by Gasteiger charge is 2.08. The second kappa shape index (κ2) is 6.32. The minimum Gasteiger partial charge on any atom is -0.325 e. The molecule has 0 aliphatic carbocycles. The Bertz CT molecular complexity index is 699. The lowest BCUT2D eigenvalue weighted by atomic mass is 10.3. The van der Waals surface area contributed by atoms with E-state index in [2.05, 4.69) is 37.2 Å². The summed E-state index contributed by atoms with van der Waals surface area (Å²) in [4.78, 5) is 23.7. The van der Waals surface area contributed by atoms with E-state index in [4.69, 9.17) is 0 Å². The normalized spacial score (nSPS) is 10.3. The number of pyridine rings is 1. The number of nitrogens with zero attached hydrogens (tertiary/aromatic N) is 1. The van der Waals surface area contributed by atoms with E-state index in [1.807, 2.05) is 0 Å². The van der Waals surface area contributed by atoms with E-state index in [0.717, 1.165) is 0 Å². The zero-order valence-corrected chi connectivity index (χ0v) is 13.2. The molecule has 7 heteroatoms. The lowest BCUT2D eigenvalue weighted by Crippen LogP contribution is -2.27. The SMILES string of the molecule is O=C(Cn1cc(Br)cc(Br)c1=O)Nc1ccc(F)cc1. The van der Waals surface area contributed by atoms with Crippen LogP contribution in [0.4, 0.5) is 10.1 Å². The fourth-order valence-corrected chi connectivity index (χ4v) is 2.83. The van der Waals surface area contributed by atoms with Crippen molar-refractivity contribution in [3.63, 3.8) is 0 Å². The molecule has 1 heterocycles. The van der Waals surface area contributed by atoms with Gasteiger partial charge in [0.05, 0.1) is 4.47 Å². The van der Waals surface area contributed by atoms with Crippen LogP contribution in [0.5, 0.6) is 0 Å². The Morgan fingerprint density at radius 3 is 2.55 bits per heavy atom. The molecule has 0 aliphatic heterocycles. The Morgan fingerprint density at radius 2 is 1.90 bits per heavy atom. The highest BCUT2D eigenvalue weighted by Crippen LogP contribution is 2.13. The standard InChI is InChI=1S/C13H9Br2FN2O2/c14-8-5-11(15)13(20)18(6-8)7-12(19)17-10-3-1-9(16)2-4-10/h1-6H,7H2,(H,17,19). The van der Waals surface area contributed by atoms with Crippen LogP contribution in [0.1, 0.15) is 0 Å². The summed E-state index contributed by atoms with van der Waals surface area (Å²) >= 11 is 6.37. The van der Waals surface area contributed by atoms with Gasteiger partial charge in [0.1, 0.15) is 12.4 Å². The molecule has 2 rings (SSSR count). The van der Waals surface area contributed by atoms with Crippen molar-refractivity contribution in [3.8, 4) is 0 Å². The molecule has 1 aromatic carbocycles. The molecule has 0 bridgehead atoms. The van der Waals surface area contributed by atoms with Gasteiger partial charge in [-0.1, -0.05) is 0 Å². The molecule has 1 N–H and O–H groups in total. The summed E-state index contributed by atoms with van der Waals surface area (Å²) in [6, 6.07) is 7.01. The van der Waals surface area contributed by atoms with Crippen LogP contribution in [0, 0.1) is 5.82 Å². The molecule has 104 valence electrons. The number of nitrogens with one attached hydrogen (secondary N) is 1. The average Bonchev–Trinajstić information content (AvgIpc) is 2.38. The van der Waals surface area contributed by atoms with Gasteiger partial charge in [0.15, 0.2) is 0 Å². The highest BCUT2D eigenvalue weighted by atomic mass is 79.9. The lowest BCUT2D eigenvalue weighted by Gasteiger charge is -2.08. The van der Waals surface area contributed by atoms with E-state index in [1.165, 1.54) is 35.0 Å². The third-order valence-electron chi connectivity index (χ3n) is 2.45. The Labute approximate surface area is 130 Å². The average molecular weight is 404 g/mol. The topological polar surface area (TPSA) is 51.1 Å². The zero-order valence-electron chi connectivity index (χ0n) is 10.1. The number of carbonyl (C=O) groups is 1. The number of halogens is 3. The van der Waals surface area contributed by atoms with Crippen LogP contribution >= 0.6 is 31.9 Å². The maximum atomic E-state index is 12.7. The fourth-order valence-electron chi connectivity index (χ4n) is 1.57. The van der Waals surface area contributed by atoms with Crippen LogP contribution in [0.3, 0.4) is 0 Å². The molecule has 0 radical (unpaired) electrons. The number of carbonyl (C=O) groups excluding carboxylic acids is 1. The molecule has 20 heavy (non-hydrogen) atoms. The van der Waals surface area contributed by atoms with E-state index in [-0.39, 0.29) is 23.8 Å². The molecule has 0 saturated carbocycles. The van der Waals surface area contributed by atoms with E-state index >= 15 is 0 Å². The van der Waals surface area contributed by atoms with E-state index in [1.54, 1.807) is 6.07 Å². The predicted molar refractivity (Wildman–Crippen MR) is 81.1 cm³/mol. The van der Waals surface area contributed by atoms with Crippen LogP contribution in [-0.4, -0.2) is 10.5 Å². The van der Waals surface area contributed by atoms with E-state index < -0.39 is 0 Å². The predicted octanol–water partition coefficient (Wildman–Crippen LogP) is 3.15. The van der Waals surface area contributed by atoms with Crippen molar-refractivity contribution >= 4 is 43.5 Å². The van der Waals surface area contributed by atoms with Crippen molar-refractivity contribution < 1.29 is 9.18 Å². The quantitative estimate of drug-likeness (QED) is 0.855. The third-order valence-corrected chi connectivity index (χ3v) is 3.45. The minimum absolute atomic E-state index is 0.131. The van der Waals surface area contributed by atoms with Gasteiger partial charge in [-0.2, -0.15) is 0 Å². The van der Waals surface area contributed by atoms with Crippen molar-refractivity contribution in [3.05, 3.63) is 61.6 Å². The second-order valence-corrected chi connectivity index (χ2v) is 5.76. The summed E-state index contributed by atoms with van der Waals surface area (Å²) in [7, 11) is 0. The van der Waals surface area contributed by atoms with E-state index in [0.29, 0.717) is 14.6 Å². The number of benzene rings is 1. The van der Waals surface area contributed by atoms with Gasteiger partial charge < -0.3 is 9.88 Å². The van der Waals surface area contributed by atoms with Gasteiger partial charge in [-0.15, -0.1) is 0 Å². The van der Waals surface area contributed by atoms with Crippen LogP contribution in [0.2, 0.25) is 0 Å². The molecule has 0 saturated heterocycles. The molecular formula is C13H9Br2FN2O2. The number of aromatic nitrogens is 1. The van der Waals surface area contributed by atoms with Gasteiger partial charge in [-0.25, -0.2) is 4.39 Å². The third kappa shape index (κ3) is 3.77. The van der Waals surface area contributed by atoms with Crippen molar-refractivity contribution in [1.82, 2.24) is 4.57 Å². The smallest absolute Gasteiger partial charge is 0.265 e. The minimum atomic E-state index is -0.380. The van der Waals surface area contributed by atoms with Crippen LogP contribution in [0.25, 0.3) is 0 Å². The van der Waals surface area contributed by atoms with Gasteiger partial charge in [-0.05, 0) is 62.2 Å². The maximum absolute atomic E-state index is 12.7. The van der Waals surface area contributed by atoms with Gasteiger partial charge in [0, 0.05) is 16.4 Å². The number of hydrogen-bond acceptors (Lipinski definition) is 2. The summed E-state index contributed by atoms with van der Waals surface area (Å²) in [6.45, 7) is -0.131. The van der Waals surface area contributed by atoms with Crippen LogP contribution < -0.4 is 10.9 Å². The largest absolute Gasteiger partial charge is 0.325 e. The zero-order chi connectivity index (χ0) is 14.7. The Morgan fingerprint density at radius 1 is 1.25 bits per heavy atom. The fraction of sp³-hybridized carbons (Fsp3) is 0.0769. The summed E-state index contributed by atoms with van der Waals surface area (Å²) < 4.78 is 15.1. The van der Waals surface area contributed by atoms with Crippen molar-refractivity contribution in [2.75, 3.05) is 5.32 Å². The second-order valence-electron chi connectivity index (χ2n) is 3.99. The van der Waals surface area contributed by atoms with E-state index in [9.17, 15) is 14.0 Å². The van der Waals surface area contributed by atoms with Crippen molar-refractivity contribution in [2.24, 2.45) is 0 Å². The molecule has 1 aromatic heterocycles. The van der Waals surface area contributed by atoms with Gasteiger partial charge in [0.2, 0.25) is 5.91 Å². The first-order valence-electron chi connectivity index (χ1n) is 5.56. The molecule has 0 atom stereocenters. The monoisotopic (exact) mass is 402 g/mol. The molecule has 1 amide bonds. The van der Waals surface area contributed by atoms with Crippen molar-refractivity contribution in [2.45, 2.75) is 6.54 Å². The van der Waals surface area contributed by atoms with Crippen LogP contribution in [0.15, 0.2) is 50.3 Å². The number of anilines is 1. The summed E-state index contributed by atoms with van der Waals surface area (Å²) in [5, 5.41) is 2.59. The molecule has 0 spiro atoms. The number of amides is 1. The molecule has 0 fully saturated rings. The Kier molecular flexibility index (Phi) is 4.72. The molecule has 4 nitrogen and oxygen atoms in total. The first-order valence-corrected chi connectivity index (χ1v) is 7.15. The molecule has 2 aromatic rings. The lowest BCUT2D eigenvalue weighted by molar-refractivity contribution is -0.116. The number of rotatable bonds is 3. The Hall–Kier alpha value is -1.47. The Balaban J connectivity index is 2.12. The molecular weight excluding hydrogens is 395 g/mol. The van der Waals surface area contributed by atoms with Gasteiger partial charge in [-0.3, -0.25) is 9.59 Å². The maximum Gasteiger partial charge on any atom is 0.265 e. The first-order chi connectivity index (χ1) is 9.45. The molecule has 0 aliphatic rings. The first kappa shape index (κ1) is 14.9. The van der Waals surface area contributed by atoms with Crippen molar-refractivity contribution in [1.29, 1.82) is 0 Å². The van der Waals surface area contributed by atoms with Crippen LogP contribution in [-0.2, 0) is 11.3 Å². The highest BCUT2D eigenvalue weighted by molar-refractivity contribution is 9.11. The summed E-state index contributed by atoms with van der Waals surface area (Å²) in [6.07, 6.45) is 1.53. The summed E-state index contributed by atoms with van der Waals surface area (Å²) in [5.74, 6) is -0.751. The van der Waals surface area contributed by atoms with Gasteiger partial charge in [0.25, 0.3) is 5.56 Å². The number of hydrogen-bond donors (Lipinski definition) is 1.